The maximum atomic E-state index is 14.8. The van der Waals surface area contributed by atoms with Crippen LogP contribution in [-0.4, -0.2) is 19.1 Å². The Bertz CT molecular complexity index is 618. The molecule has 28 heavy (non-hydrogen) atoms. The van der Waals surface area contributed by atoms with E-state index in [0.717, 1.165) is 25.7 Å². The van der Waals surface area contributed by atoms with Crippen LogP contribution in [-0.2, 0) is 15.9 Å². The van der Waals surface area contributed by atoms with E-state index in [0.29, 0.717) is 36.3 Å². The van der Waals surface area contributed by atoms with Gasteiger partial charge in [-0.25, -0.2) is 13.2 Å². The predicted molar refractivity (Wildman–Crippen MR) is 104 cm³/mol. The molecule has 2 aliphatic rings. The quantitative estimate of drug-likeness (QED) is 0.510. The molecule has 1 aliphatic heterocycles. The topological polar surface area (TPSA) is 18.5 Å². The van der Waals surface area contributed by atoms with Crippen molar-refractivity contribution in [3.8, 4) is 0 Å². The average Bonchev–Trinajstić information content (AvgIpc) is 2.69. The Morgan fingerprint density at radius 1 is 1.00 bits per heavy atom. The Labute approximate surface area is 166 Å². The molecule has 1 saturated carbocycles. The first-order valence-corrected chi connectivity index (χ1v) is 10.8. The first-order chi connectivity index (χ1) is 13.4. The fourth-order valence-electron chi connectivity index (χ4n) is 4.68. The van der Waals surface area contributed by atoms with Gasteiger partial charge in [-0.15, -0.1) is 0 Å². The highest BCUT2D eigenvalue weighted by molar-refractivity contribution is 5.25. The Morgan fingerprint density at radius 2 is 1.68 bits per heavy atom. The monoisotopic (exact) mass is 398 g/mol. The molecule has 0 radical (unpaired) electrons. The first-order valence-electron chi connectivity index (χ1n) is 10.8. The molecule has 1 aliphatic carbocycles. The normalized spacial score (nSPS) is 29.0. The van der Waals surface area contributed by atoms with Crippen LogP contribution in [0.5, 0.6) is 0 Å². The van der Waals surface area contributed by atoms with Gasteiger partial charge in [0.1, 0.15) is 5.82 Å². The van der Waals surface area contributed by atoms with Gasteiger partial charge >= 0.3 is 0 Å². The minimum Gasteiger partial charge on any atom is -0.348 e. The van der Waals surface area contributed by atoms with Crippen molar-refractivity contribution in [2.75, 3.05) is 13.2 Å². The highest BCUT2D eigenvalue weighted by Gasteiger charge is 2.43. The molecule has 158 valence electrons. The molecular weight excluding hydrogens is 365 g/mol. The summed E-state index contributed by atoms with van der Waals surface area (Å²) in [6, 6.07) is 4.94. The number of hydrogen-bond acceptors (Lipinski definition) is 2. The number of hydrogen-bond donors (Lipinski definition) is 0. The van der Waals surface area contributed by atoms with Gasteiger partial charge in [-0.2, -0.15) is 0 Å². The number of alkyl halides is 2. The number of ether oxygens (including phenoxy) is 2. The third kappa shape index (κ3) is 5.29. The third-order valence-electron chi connectivity index (χ3n) is 6.40. The molecule has 0 spiro atoms. The van der Waals surface area contributed by atoms with Crippen LogP contribution in [0.15, 0.2) is 18.2 Å². The molecule has 0 bridgehead atoms. The SMILES string of the molecule is CCCC1CCC(C(F)(F)CC2COC(c3ccc(CC)c(F)c3)OC2)CC1. The lowest BCUT2D eigenvalue weighted by Crippen LogP contribution is -2.38. The number of halogens is 3. The van der Waals surface area contributed by atoms with Gasteiger partial charge in [-0.05, 0) is 49.7 Å². The summed E-state index contributed by atoms with van der Waals surface area (Å²) in [6.07, 6.45) is 5.14. The summed E-state index contributed by atoms with van der Waals surface area (Å²) in [5.41, 5.74) is 1.25. The van der Waals surface area contributed by atoms with Gasteiger partial charge in [0.05, 0.1) is 13.2 Å². The summed E-state index contributed by atoms with van der Waals surface area (Å²) < 4.78 is 54.9. The van der Waals surface area contributed by atoms with Crippen LogP contribution in [0.2, 0.25) is 0 Å². The largest absolute Gasteiger partial charge is 0.348 e. The molecule has 1 aromatic rings. The van der Waals surface area contributed by atoms with E-state index in [-0.39, 0.29) is 31.4 Å². The number of rotatable bonds is 7. The third-order valence-corrected chi connectivity index (χ3v) is 6.40. The van der Waals surface area contributed by atoms with E-state index in [1.54, 1.807) is 12.1 Å². The van der Waals surface area contributed by atoms with Crippen LogP contribution in [0, 0.1) is 23.6 Å². The second-order valence-corrected chi connectivity index (χ2v) is 8.54. The van der Waals surface area contributed by atoms with Crippen molar-refractivity contribution in [2.45, 2.75) is 77.4 Å². The van der Waals surface area contributed by atoms with E-state index in [1.807, 2.05) is 6.92 Å². The first kappa shape index (κ1) is 21.6. The standard InChI is InChI=1S/C23H33F3O2/c1-3-5-16-6-10-20(11-7-16)23(25,26)13-17-14-27-22(28-15-17)19-9-8-18(4-2)21(24)12-19/h8-9,12,16-17,20,22H,3-7,10-11,13-15H2,1-2H3. The lowest BCUT2D eigenvalue weighted by atomic mass is 9.76. The Hall–Kier alpha value is -1.07. The number of benzene rings is 1. The molecule has 1 heterocycles. The van der Waals surface area contributed by atoms with Crippen molar-refractivity contribution in [3.05, 3.63) is 35.1 Å². The van der Waals surface area contributed by atoms with E-state index >= 15 is 0 Å². The summed E-state index contributed by atoms with van der Waals surface area (Å²) in [6.45, 7) is 4.50. The molecule has 5 heteroatoms. The zero-order valence-electron chi connectivity index (χ0n) is 17.1. The van der Waals surface area contributed by atoms with E-state index in [1.165, 1.54) is 6.07 Å². The van der Waals surface area contributed by atoms with Gasteiger partial charge in [0, 0.05) is 23.8 Å². The van der Waals surface area contributed by atoms with Crippen molar-refractivity contribution >= 4 is 0 Å². The predicted octanol–water partition coefficient (Wildman–Crippen LogP) is 6.68. The van der Waals surface area contributed by atoms with Crippen molar-refractivity contribution in [1.82, 2.24) is 0 Å². The maximum absolute atomic E-state index is 14.8. The summed E-state index contributed by atoms with van der Waals surface area (Å²) in [5, 5.41) is 0. The second-order valence-electron chi connectivity index (χ2n) is 8.54. The molecule has 3 rings (SSSR count). The van der Waals surface area contributed by atoms with E-state index < -0.39 is 18.1 Å². The van der Waals surface area contributed by atoms with Crippen molar-refractivity contribution in [1.29, 1.82) is 0 Å². The van der Waals surface area contributed by atoms with Gasteiger partial charge in [-0.3, -0.25) is 0 Å². The minimum atomic E-state index is -2.67. The van der Waals surface area contributed by atoms with E-state index in [9.17, 15) is 13.2 Å². The van der Waals surface area contributed by atoms with Gasteiger partial charge < -0.3 is 9.47 Å². The molecule has 0 atom stereocenters. The van der Waals surface area contributed by atoms with E-state index in [4.69, 9.17) is 9.47 Å². The van der Waals surface area contributed by atoms with Crippen LogP contribution in [0.25, 0.3) is 0 Å². The maximum Gasteiger partial charge on any atom is 0.251 e. The van der Waals surface area contributed by atoms with Gasteiger partial charge in [0.25, 0.3) is 5.92 Å². The Kier molecular flexibility index (Phi) is 7.43. The van der Waals surface area contributed by atoms with Crippen LogP contribution in [0.1, 0.15) is 76.2 Å². The molecule has 0 amide bonds. The molecule has 0 N–H and O–H groups in total. The highest BCUT2D eigenvalue weighted by Crippen LogP contribution is 2.43. The Balaban J connectivity index is 1.49. The fourth-order valence-corrected chi connectivity index (χ4v) is 4.68. The van der Waals surface area contributed by atoms with Crippen LogP contribution in [0.4, 0.5) is 13.2 Å². The zero-order valence-corrected chi connectivity index (χ0v) is 17.1. The van der Waals surface area contributed by atoms with Gasteiger partial charge in [0.15, 0.2) is 6.29 Å². The Morgan fingerprint density at radius 3 is 2.25 bits per heavy atom. The van der Waals surface area contributed by atoms with Gasteiger partial charge in [-0.1, -0.05) is 38.8 Å². The molecule has 1 aromatic carbocycles. The molecule has 0 unspecified atom stereocenters. The summed E-state index contributed by atoms with van der Waals surface area (Å²) in [7, 11) is 0. The zero-order chi connectivity index (χ0) is 20.1. The van der Waals surface area contributed by atoms with Crippen molar-refractivity contribution < 1.29 is 22.6 Å². The fraction of sp³-hybridized carbons (Fsp3) is 0.739. The summed E-state index contributed by atoms with van der Waals surface area (Å²) in [5.74, 6) is -3.16. The summed E-state index contributed by atoms with van der Waals surface area (Å²) in [4.78, 5) is 0. The second kappa shape index (κ2) is 9.62. The lowest BCUT2D eigenvalue weighted by molar-refractivity contribution is -0.219. The summed E-state index contributed by atoms with van der Waals surface area (Å²) >= 11 is 0. The molecule has 2 fully saturated rings. The molecule has 1 saturated heterocycles. The lowest BCUT2D eigenvalue weighted by Gasteiger charge is -2.37. The minimum absolute atomic E-state index is 0.189. The molecule has 2 nitrogen and oxygen atoms in total. The highest BCUT2D eigenvalue weighted by atomic mass is 19.3. The number of aryl methyl sites for hydroxylation is 1. The molecule has 0 aromatic heterocycles. The van der Waals surface area contributed by atoms with Crippen LogP contribution >= 0.6 is 0 Å². The van der Waals surface area contributed by atoms with Crippen molar-refractivity contribution in [2.24, 2.45) is 17.8 Å². The van der Waals surface area contributed by atoms with E-state index in [2.05, 4.69) is 6.92 Å². The smallest absolute Gasteiger partial charge is 0.251 e. The van der Waals surface area contributed by atoms with Crippen LogP contribution < -0.4 is 0 Å². The average molecular weight is 399 g/mol. The molecular formula is C23H33F3O2. The van der Waals surface area contributed by atoms with Crippen molar-refractivity contribution in [3.63, 3.8) is 0 Å². The van der Waals surface area contributed by atoms with Crippen LogP contribution in [0.3, 0.4) is 0 Å². The van der Waals surface area contributed by atoms with Gasteiger partial charge in [0.2, 0.25) is 0 Å².